The van der Waals surface area contributed by atoms with Crippen molar-refractivity contribution in [3.8, 4) is 0 Å². The van der Waals surface area contributed by atoms with Crippen molar-refractivity contribution >= 4 is 17.3 Å². The molecule has 1 heterocycles. The summed E-state index contributed by atoms with van der Waals surface area (Å²) >= 11 is 1.54. The van der Waals surface area contributed by atoms with Gasteiger partial charge in [-0.1, -0.05) is 27.7 Å². The third-order valence-corrected chi connectivity index (χ3v) is 4.28. The maximum Gasteiger partial charge on any atom is 0.357 e. The summed E-state index contributed by atoms with van der Waals surface area (Å²) in [7, 11) is 1.38. The molecule has 0 radical (unpaired) electrons. The first-order chi connectivity index (χ1) is 7.95. The summed E-state index contributed by atoms with van der Waals surface area (Å²) in [6.45, 7) is 8.90. The van der Waals surface area contributed by atoms with Crippen LogP contribution in [0, 0.1) is 11.8 Å². The Morgan fingerprint density at radius 2 is 2.06 bits per heavy atom. The van der Waals surface area contributed by atoms with E-state index in [4.69, 9.17) is 0 Å². The number of hydrogen-bond acceptors (Lipinski definition) is 4. The van der Waals surface area contributed by atoms with E-state index in [2.05, 4.69) is 37.4 Å². The van der Waals surface area contributed by atoms with Gasteiger partial charge in [0, 0.05) is 11.3 Å². The van der Waals surface area contributed by atoms with Crippen LogP contribution in [0.15, 0.2) is 5.38 Å². The van der Waals surface area contributed by atoms with E-state index in [0.29, 0.717) is 23.4 Å². The average molecular weight is 255 g/mol. The summed E-state index contributed by atoms with van der Waals surface area (Å²) in [5.41, 5.74) is 0.427. The normalized spacial score (nSPS) is 14.7. The zero-order valence-electron chi connectivity index (χ0n) is 11.2. The van der Waals surface area contributed by atoms with Crippen molar-refractivity contribution in [1.29, 1.82) is 0 Å². The third-order valence-electron chi connectivity index (χ3n) is 3.20. The smallest absolute Gasteiger partial charge is 0.357 e. The van der Waals surface area contributed by atoms with Gasteiger partial charge in [0.15, 0.2) is 5.69 Å². The Balaban J connectivity index is 2.66. The van der Waals surface area contributed by atoms with Gasteiger partial charge in [0.05, 0.1) is 12.1 Å². The van der Waals surface area contributed by atoms with Crippen LogP contribution in [-0.4, -0.2) is 18.1 Å². The van der Waals surface area contributed by atoms with Crippen LogP contribution in [-0.2, 0) is 4.74 Å². The summed E-state index contributed by atoms with van der Waals surface area (Å²) in [5, 5.41) is 2.80. The van der Waals surface area contributed by atoms with E-state index in [1.54, 1.807) is 16.7 Å². The van der Waals surface area contributed by atoms with Crippen LogP contribution in [0.1, 0.15) is 55.5 Å². The number of aromatic nitrogens is 1. The van der Waals surface area contributed by atoms with Gasteiger partial charge in [0.1, 0.15) is 0 Å². The molecule has 0 unspecified atom stereocenters. The fraction of sp³-hybridized carbons (Fsp3) is 0.692. The molecular weight excluding hydrogens is 234 g/mol. The second-order valence-corrected chi connectivity index (χ2v) is 5.81. The van der Waals surface area contributed by atoms with Crippen molar-refractivity contribution in [3.05, 3.63) is 16.1 Å². The van der Waals surface area contributed by atoms with Gasteiger partial charge in [-0.3, -0.25) is 0 Å². The molecule has 96 valence electrons. The highest BCUT2D eigenvalue weighted by Crippen LogP contribution is 2.29. The van der Waals surface area contributed by atoms with Crippen molar-refractivity contribution in [2.75, 3.05) is 7.11 Å². The Kier molecular flexibility index (Phi) is 5.12. The molecule has 0 aliphatic rings. The Labute approximate surface area is 107 Å². The van der Waals surface area contributed by atoms with Gasteiger partial charge in [-0.2, -0.15) is 0 Å². The van der Waals surface area contributed by atoms with Gasteiger partial charge >= 0.3 is 5.97 Å². The average Bonchev–Trinajstić information content (AvgIpc) is 2.77. The second-order valence-electron chi connectivity index (χ2n) is 4.92. The first kappa shape index (κ1) is 14.2. The van der Waals surface area contributed by atoms with Crippen molar-refractivity contribution in [3.63, 3.8) is 0 Å². The molecule has 0 aliphatic carbocycles. The topological polar surface area (TPSA) is 39.2 Å². The second kappa shape index (κ2) is 6.15. The van der Waals surface area contributed by atoms with Crippen molar-refractivity contribution < 1.29 is 9.53 Å². The summed E-state index contributed by atoms with van der Waals surface area (Å²) in [6, 6.07) is 0. The number of hydrogen-bond donors (Lipinski definition) is 0. The molecule has 0 bridgehead atoms. The number of carbonyl (C=O) groups is 1. The number of thiazole rings is 1. The SMILES string of the molecule is COC(=O)c1csc([C@H](C)C[C@@H](C)C(C)C)n1. The molecule has 0 spiro atoms. The molecule has 0 saturated carbocycles. The minimum absolute atomic E-state index is 0.350. The Hall–Kier alpha value is -0.900. The van der Waals surface area contributed by atoms with E-state index in [1.165, 1.54) is 7.11 Å². The van der Waals surface area contributed by atoms with Gasteiger partial charge in [-0.25, -0.2) is 9.78 Å². The van der Waals surface area contributed by atoms with Crippen LogP contribution < -0.4 is 0 Å². The molecule has 1 aromatic heterocycles. The molecule has 0 aliphatic heterocycles. The van der Waals surface area contributed by atoms with Crippen molar-refractivity contribution in [2.45, 2.75) is 40.0 Å². The summed E-state index contributed by atoms with van der Waals surface area (Å²) in [4.78, 5) is 15.6. The van der Waals surface area contributed by atoms with Crippen LogP contribution in [0.3, 0.4) is 0 Å². The third kappa shape index (κ3) is 3.80. The lowest BCUT2D eigenvalue weighted by atomic mass is 9.89. The maximum atomic E-state index is 11.3. The molecule has 1 aromatic rings. The van der Waals surface area contributed by atoms with E-state index < -0.39 is 0 Å². The van der Waals surface area contributed by atoms with Gasteiger partial charge in [0.25, 0.3) is 0 Å². The number of rotatable bonds is 5. The lowest BCUT2D eigenvalue weighted by Gasteiger charge is -2.18. The summed E-state index contributed by atoms with van der Waals surface area (Å²) in [6.07, 6.45) is 1.10. The highest BCUT2D eigenvalue weighted by Gasteiger charge is 2.18. The summed E-state index contributed by atoms with van der Waals surface area (Å²) < 4.78 is 4.65. The lowest BCUT2D eigenvalue weighted by molar-refractivity contribution is 0.0594. The predicted molar refractivity (Wildman–Crippen MR) is 70.5 cm³/mol. The van der Waals surface area contributed by atoms with Crippen LogP contribution >= 0.6 is 11.3 Å². The Bertz CT molecular complexity index is 373. The van der Waals surface area contributed by atoms with Crippen LogP contribution in [0.5, 0.6) is 0 Å². The van der Waals surface area contributed by atoms with Crippen molar-refractivity contribution in [2.24, 2.45) is 11.8 Å². The van der Waals surface area contributed by atoms with Crippen LogP contribution in [0.4, 0.5) is 0 Å². The highest BCUT2D eigenvalue weighted by atomic mass is 32.1. The Morgan fingerprint density at radius 3 is 2.59 bits per heavy atom. The largest absolute Gasteiger partial charge is 0.464 e. The maximum absolute atomic E-state index is 11.3. The number of carbonyl (C=O) groups excluding carboxylic acids is 1. The minimum atomic E-state index is -0.350. The van der Waals surface area contributed by atoms with Crippen LogP contribution in [0.25, 0.3) is 0 Å². The highest BCUT2D eigenvalue weighted by molar-refractivity contribution is 7.09. The molecule has 0 amide bonds. The molecule has 0 N–H and O–H groups in total. The van der Waals surface area contributed by atoms with E-state index in [-0.39, 0.29) is 5.97 Å². The number of esters is 1. The standard InChI is InChI=1S/C13H21NO2S/c1-8(2)9(3)6-10(4)12-14-11(7-17-12)13(15)16-5/h7-10H,6H2,1-5H3/t9-,10-/m1/s1. The van der Waals surface area contributed by atoms with E-state index >= 15 is 0 Å². The van der Waals surface area contributed by atoms with E-state index in [1.807, 2.05) is 0 Å². The molecule has 3 nitrogen and oxygen atoms in total. The molecule has 2 atom stereocenters. The molecule has 17 heavy (non-hydrogen) atoms. The molecule has 1 rings (SSSR count). The molecule has 0 aromatic carbocycles. The number of methoxy groups -OCH3 is 1. The van der Waals surface area contributed by atoms with Crippen LogP contribution in [0.2, 0.25) is 0 Å². The van der Waals surface area contributed by atoms with Gasteiger partial charge in [-0.15, -0.1) is 11.3 Å². The fourth-order valence-corrected chi connectivity index (χ4v) is 2.50. The Morgan fingerprint density at radius 1 is 1.41 bits per heavy atom. The zero-order valence-corrected chi connectivity index (χ0v) is 12.0. The van der Waals surface area contributed by atoms with Crippen molar-refractivity contribution in [1.82, 2.24) is 4.98 Å². The minimum Gasteiger partial charge on any atom is -0.464 e. The van der Waals surface area contributed by atoms with E-state index in [0.717, 1.165) is 11.4 Å². The monoisotopic (exact) mass is 255 g/mol. The fourth-order valence-electron chi connectivity index (χ4n) is 1.64. The summed E-state index contributed by atoms with van der Waals surface area (Å²) in [5.74, 6) is 1.39. The van der Waals surface area contributed by atoms with Gasteiger partial charge < -0.3 is 4.74 Å². The molecular formula is C13H21NO2S. The number of nitrogens with zero attached hydrogens (tertiary/aromatic N) is 1. The zero-order chi connectivity index (χ0) is 13.0. The van der Waals surface area contributed by atoms with Gasteiger partial charge in [0.2, 0.25) is 0 Å². The number of ether oxygens (including phenoxy) is 1. The van der Waals surface area contributed by atoms with Gasteiger partial charge in [-0.05, 0) is 18.3 Å². The van der Waals surface area contributed by atoms with E-state index in [9.17, 15) is 4.79 Å². The predicted octanol–water partition coefficient (Wildman–Crippen LogP) is 3.72. The quantitative estimate of drug-likeness (QED) is 0.753. The molecule has 4 heteroatoms. The molecule has 0 fully saturated rings. The first-order valence-corrected chi connectivity index (χ1v) is 6.87. The lowest BCUT2D eigenvalue weighted by Crippen LogP contribution is -2.08. The first-order valence-electron chi connectivity index (χ1n) is 5.99. The molecule has 0 saturated heterocycles.